The minimum atomic E-state index is -0.533. The molecule has 0 spiro atoms. The first-order valence-electron chi connectivity index (χ1n) is 9.75. The van der Waals surface area contributed by atoms with Crippen LogP contribution >= 0.6 is 0 Å². The zero-order valence-electron chi connectivity index (χ0n) is 17.8. The number of methoxy groups -OCH3 is 1. The Bertz CT molecular complexity index is 1140. The molecule has 5 nitrogen and oxygen atoms in total. The third kappa shape index (κ3) is 3.54. The first-order chi connectivity index (χ1) is 13.8. The van der Waals surface area contributed by atoms with Gasteiger partial charge < -0.3 is 13.9 Å². The lowest BCUT2D eigenvalue weighted by molar-refractivity contribution is 0.160. The van der Waals surface area contributed by atoms with Gasteiger partial charge in [-0.05, 0) is 57.4 Å². The van der Waals surface area contributed by atoms with E-state index in [1.165, 1.54) is 13.2 Å². The van der Waals surface area contributed by atoms with Crippen molar-refractivity contribution in [2.45, 2.75) is 53.1 Å². The number of aryl methyl sites for hydroxylation is 1. The molecule has 1 aliphatic rings. The fraction of sp³-hybridized carbons (Fsp3) is 0.375. The number of ether oxygens (including phenoxy) is 2. The summed E-state index contributed by atoms with van der Waals surface area (Å²) in [6, 6.07) is 1.50. The Morgan fingerprint density at radius 2 is 2.07 bits per heavy atom. The van der Waals surface area contributed by atoms with Gasteiger partial charge in [-0.3, -0.25) is 0 Å². The van der Waals surface area contributed by atoms with E-state index in [-0.39, 0.29) is 0 Å². The molecule has 1 aromatic heterocycles. The zero-order valence-corrected chi connectivity index (χ0v) is 17.8. The second-order valence-electron chi connectivity index (χ2n) is 7.68. The summed E-state index contributed by atoms with van der Waals surface area (Å²) in [7, 11) is 1.53. The number of carbonyl (C=O) groups excluding carboxylic acids is 1. The summed E-state index contributed by atoms with van der Waals surface area (Å²) < 4.78 is 17.7. The van der Waals surface area contributed by atoms with Gasteiger partial charge in [0.1, 0.15) is 23.0 Å². The molecule has 0 fully saturated rings. The Morgan fingerprint density at radius 3 is 2.66 bits per heavy atom. The van der Waals surface area contributed by atoms with Crippen molar-refractivity contribution in [1.82, 2.24) is 0 Å². The molecule has 1 aromatic carbocycles. The molecule has 0 bridgehead atoms. The molecule has 0 saturated heterocycles. The highest BCUT2D eigenvalue weighted by Gasteiger charge is 2.32. The average molecular weight is 394 g/mol. The highest BCUT2D eigenvalue weighted by atomic mass is 16.5. The molecular weight excluding hydrogens is 368 g/mol. The molecule has 2 heterocycles. The Balaban J connectivity index is 2.62. The van der Waals surface area contributed by atoms with Crippen molar-refractivity contribution in [2.24, 2.45) is 0 Å². The van der Waals surface area contributed by atoms with Crippen LogP contribution < -0.4 is 15.1 Å². The summed E-state index contributed by atoms with van der Waals surface area (Å²) in [6.45, 7) is 9.61. The van der Waals surface area contributed by atoms with Gasteiger partial charge in [-0.25, -0.2) is 9.59 Å². The van der Waals surface area contributed by atoms with Crippen LogP contribution in [0.15, 0.2) is 33.0 Å². The predicted molar refractivity (Wildman–Crippen MR) is 115 cm³/mol. The van der Waals surface area contributed by atoms with E-state index in [0.29, 0.717) is 45.6 Å². The lowest BCUT2D eigenvalue weighted by atomic mass is 9.89. The third-order valence-corrected chi connectivity index (χ3v) is 5.13. The van der Waals surface area contributed by atoms with Gasteiger partial charge >= 0.3 is 5.63 Å². The summed E-state index contributed by atoms with van der Waals surface area (Å²) in [5.41, 5.74) is 2.27. The van der Waals surface area contributed by atoms with E-state index in [1.807, 2.05) is 58.8 Å². The Kier molecular flexibility index (Phi) is 5.54. The Labute approximate surface area is 170 Å². The van der Waals surface area contributed by atoms with Gasteiger partial charge in [0.2, 0.25) is 0 Å². The number of rotatable bonds is 5. The largest absolute Gasteiger partial charge is 0.495 e. The number of hydrogen-bond donors (Lipinski definition) is 0. The highest BCUT2D eigenvalue weighted by molar-refractivity contribution is 6.09. The van der Waals surface area contributed by atoms with E-state index in [1.54, 1.807) is 0 Å². The molecule has 0 unspecified atom stereocenters. The second kappa shape index (κ2) is 7.76. The second-order valence-corrected chi connectivity index (χ2v) is 7.68. The SMILES string of the molecule is C/C=C(\C)C(=C=O)c1c(OC)c2c(c3c(CCC)cc(=O)oc13)OC(C)(C)C=C2. The van der Waals surface area contributed by atoms with Crippen LogP contribution in [-0.4, -0.2) is 18.7 Å². The normalized spacial score (nSPS) is 14.9. The van der Waals surface area contributed by atoms with Crippen LogP contribution in [0.4, 0.5) is 0 Å². The average Bonchev–Trinajstić information content (AvgIpc) is 2.67. The molecule has 0 radical (unpaired) electrons. The maximum absolute atomic E-state index is 12.4. The number of fused-ring (bicyclic) bond motifs is 3. The van der Waals surface area contributed by atoms with Crippen LogP contribution in [0.25, 0.3) is 22.6 Å². The summed E-state index contributed by atoms with van der Waals surface area (Å²) in [5, 5.41) is 0.700. The number of hydrogen-bond acceptors (Lipinski definition) is 5. The maximum atomic E-state index is 12.4. The first-order valence-corrected chi connectivity index (χ1v) is 9.75. The lowest BCUT2D eigenvalue weighted by Crippen LogP contribution is -2.28. The molecule has 0 atom stereocenters. The highest BCUT2D eigenvalue weighted by Crippen LogP contribution is 2.49. The third-order valence-electron chi connectivity index (χ3n) is 5.13. The van der Waals surface area contributed by atoms with Crippen LogP contribution in [0.2, 0.25) is 0 Å². The van der Waals surface area contributed by atoms with Crippen molar-refractivity contribution < 1.29 is 18.7 Å². The minimum absolute atomic E-state index is 0.294. The van der Waals surface area contributed by atoms with Crippen LogP contribution in [0.1, 0.15) is 57.7 Å². The van der Waals surface area contributed by atoms with Crippen molar-refractivity contribution in [1.29, 1.82) is 0 Å². The minimum Gasteiger partial charge on any atom is -0.495 e. The molecule has 0 N–H and O–H groups in total. The number of allylic oxidation sites excluding steroid dienone is 3. The standard InChI is InChI=1S/C24H26O5/c1-7-9-15-12-18(26)28-23-19(15)22-16(10-11-24(4,5)29-22)21(27-6)20(23)17(13-25)14(3)8-2/h8,10-12H,7,9H2,1-6H3/b14-8+. The van der Waals surface area contributed by atoms with E-state index >= 15 is 0 Å². The van der Waals surface area contributed by atoms with Crippen molar-refractivity contribution in [3.8, 4) is 11.5 Å². The quantitative estimate of drug-likeness (QED) is 0.400. The van der Waals surface area contributed by atoms with Crippen LogP contribution in [0.3, 0.4) is 0 Å². The van der Waals surface area contributed by atoms with E-state index in [9.17, 15) is 9.59 Å². The lowest BCUT2D eigenvalue weighted by Gasteiger charge is -2.31. The van der Waals surface area contributed by atoms with Crippen molar-refractivity contribution in [2.75, 3.05) is 7.11 Å². The fourth-order valence-corrected chi connectivity index (χ4v) is 3.66. The molecule has 0 aliphatic carbocycles. The summed E-state index contributed by atoms with van der Waals surface area (Å²) in [4.78, 5) is 24.3. The first kappa shape index (κ1) is 20.7. The van der Waals surface area contributed by atoms with Crippen LogP contribution in [-0.2, 0) is 11.2 Å². The van der Waals surface area contributed by atoms with Gasteiger partial charge in [-0.1, -0.05) is 19.4 Å². The summed E-state index contributed by atoms with van der Waals surface area (Å²) >= 11 is 0. The number of benzene rings is 1. The molecular formula is C24H26O5. The van der Waals surface area contributed by atoms with Gasteiger partial charge in [-0.15, -0.1) is 0 Å². The van der Waals surface area contributed by atoms with Crippen molar-refractivity contribution in [3.63, 3.8) is 0 Å². The summed E-state index contributed by atoms with van der Waals surface area (Å²) in [5.74, 6) is 3.05. The van der Waals surface area contributed by atoms with E-state index in [0.717, 1.165) is 17.5 Å². The van der Waals surface area contributed by atoms with Gasteiger partial charge in [0.05, 0.1) is 29.2 Å². The smallest absolute Gasteiger partial charge is 0.336 e. The predicted octanol–water partition coefficient (Wildman–Crippen LogP) is 5.12. The summed E-state index contributed by atoms with van der Waals surface area (Å²) in [6.07, 6.45) is 7.22. The Hall–Kier alpha value is -3.04. The topological polar surface area (TPSA) is 65.7 Å². The van der Waals surface area contributed by atoms with Crippen molar-refractivity contribution >= 4 is 28.6 Å². The molecule has 152 valence electrons. The monoisotopic (exact) mass is 394 g/mol. The van der Waals surface area contributed by atoms with E-state index in [2.05, 4.69) is 0 Å². The molecule has 2 aromatic rings. The van der Waals surface area contributed by atoms with Crippen LogP contribution in [0.5, 0.6) is 11.5 Å². The van der Waals surface area contributed by atoms with E-state index in [4.69, 9.17) is 13.9 Å². The molecule has 1 aliphatic heterocycles. The van der Waals surface area contributed by atoms with Gasteiger partial charge in [-0.2, -0.15) is 0 Å². The van der Waals surface area contributed by atoms with Gasteiger partial charge in [0, 0.05) is 6.07 Å². The fourth-order valence-electron chi connectivity index (χ4n) is 3.66. The van der Waals surface area contributed by atoms with E-state index < -0.39 is 11.2 Å². The molecule has 5 heteroatoms. The molecule has 0 amide bonds. The maximum Gasteiger partial charge on any atom is 0.336 e. The van der Waals surface area contributed by atoms with Crippen LogP contribution in [0, 0.1) is 0 Å². The molecule has 0 saturated carbocycles. The van der Waals surface area contributed by atoms with Crippen molar-refractivity contribution in [3.05, 3.63) is 50.9 Å². The Morgan fingerprint density at radius 1 is 1.34 bits per heavy atom. The molecule has 3 rings (SSSR count). The van der Waals surface area contributed by atoms with Gasteiger partial charge in [0.15, 0.2) is 5.58 Å². The van der Waals surface area contributed by atoms with Gasteiger partial charge in [0.25, 0.3) is 0 Å². The molecule has 29 heavy (non-hydrogen) atoms. The zero-order chi connectivity index (χ0) is 21.3.